The minimum atomic E-state index is 0.421. The summed E-state index contributed by atoms with van der Waals surface area (Å²) < 4.78 is 6.19. The van der Waals surface area contributed by atoms with Gasteiger partial charge in [-0.3, -0.25) is 0 Å². The molecule has 0 saturated carbocycles. The first-order valence-corrected chi connectivity index (χ1v) is 6.58. The van der Waals surface area contributed by atoms with Crippen molar-refractivity contribution >= 4 is 27.3 Å². The molecular weight excluding hydrogens is 280 g/mol. The largest absolute Gasteiger partial charge is 0.398 e. The van der Waals surface area contributed by atoms with E-state index in [1.54, 1.807) is 7.11 Å². The zero-order valence-corrected chi connectivity index (χ0v) is 12.5. The zero-order valence-electron chi connectivity index (χ0n) is 11.0. The third-order valence-corrected chi connectivity index (χ3v) is 3.44. The highest BCUT2D eigenvalue weighted by atomic mass is 79.9. The van der Waals surface area contributed by atoms with Crippen molar-refractivity contribution in [2.45, 2.75) is 26.8 Å². The van der Waals surface area contributed by atoms with Crippen LogP contribution in [0.4, 0.5) is 11.4 Å². The maximum absolute atomic E-state index is 5.89. The van der Waals surface area contributed by atoms with Crippen LogP contribution >= 0.6 is 15.9 Å². The number of nitrogens with two attached hydrogens (primary N) is 1. The molecule has 0 atom stereocenters. The van der Waals surface area contributed by atoms with Gasteiger partial charge in [0, 0.05) is 29.9 Å². The monoisotopic (exact) mass is 300 g/mol. The van der Waals surface area contributed by atoms with Crippen LogP contribution in [-0.2, 0) is 4.74 Å². The Balaban J connectivity index is 3.05. The molecule has 2 N–H and O–H groups in total. The summed E-state index contributed by atoms with van der Waals surface area (Å²) in [5.74, 6) is 0. The van der Waals surface area contributed by atoms with E-state index in [0.29, 0.717) is 12.6 Å². The first-order chi connectivity index (χ1) is 7.97. The van der Waals surface area contributed by atoms with Crippen molar-refractivity contribution in [3.8, 4) is 0 Å². The van der Waals surface area contributed by atoms with Crippen molar-refractivity contribution in [3.63, 3.8) is 0 Å². The molecule has 0 aliphatic carbocycles. The summed E-state index contributed by atoms with van der Waals surface area (Å²) >= 11 is 3.58. The molecule has 0 unspecified atom stereocenters. The average Bonchev–Trinajstić information content (AvgIpc) is 2.25. The molecule has 4 heteroatoms. The second-order valence-electron chi connectivity index (χ2n) is 4.44. The second-order valence-corrected chi connectivity index (χ2v) is 5.29. The smallest absolute Gasteiger partial charge is 0.0637 e. The second kappa shape index (κ2) is 6.26. The van der Waals surface area contributed by atoms with Crippen molar-refractivity contribution in [2.24, 2.45) is 0 Å². The van der Waals surface area contributed by atoms with Gasteiger partial charge < -0.3 is 15.4 Å². The molecule has 1 aromatic rings. The van der Waals surface area contributed by atoms with Gasteiger partial charge in [-0.15, -0.1) is 0 Å². The maximum atomic E-state index is 5.89. The SMILES string of the molecule is COCCN(c1cc(C)c(N)cc1Br)C(C)C. The highest BCUT2D eigenvalue weighted by molar-refractivity contribution is 9.10. The van der Waals surface area contributed by atoms with Gasteiger partial charge in [0.05, 0.1) is 12.3 Å². The van der Waals surface area contributed by atoms with Gasteiger partial charge in [-0.1, -0.05) is 0 Å². The van der Waals surface area contributed by atoms with Crippen LogP contribution < -0.4 is 10.6 Å². The van der Waals surface area contributed by atoms with Crippen LogP contribution in [0.25, 0.3) is 0 Å². The van der Waals surface area contributed by atoms with E-state index < -0.39 is 0 Å². The third kappa shape index (κ3) is 3.61. The Bertz CT molecular complexity index is 380. The van der Waals surface area contributed by atoms with E-state index in [-0.39, 0.29) is 0 Å². The Labute approximate surface area is 112 Å². The van der Waals surface area contributed by atoms with Gasteiger partial charge in [0.2, 0.25) is 0 Å². The van der Waals surface area contributed by atoms with Crippen molar-refractivity contribution in [1.82, 2.24) is 0 Å². The average molecular weight is 301 g/mol. The summed E-state index contributed by atoms with van der Waals surface area (Å²) in [6.07, 6.45) is 0. The zero-order chi connectivity index (χ0) is 13.0. The molecule has 1 aromatic carbocycles. The molecule has 0 saturated heterocycles. The van der Waals surface area contributed by atoms with E-state index in [1.165, 1.54) is 5.69 Å². The molecule has 0 heterocycles. The highest BCUT2D eigenvalue weighted by Gasteiger charge is 2.14. The Hall–Kier alpha value is -0.740. The lowest BCUT2D eigenvalue weighted by Gasteiger charge is -2.30. The Morgan fingerprint density at radius 3 is 2.59 bits per heavy atom. The molecule has 0 amide bonds. The van der Waals surface area contributed by atoms with Crippen LogP contribution in [0.3, 0.4) is 0 Å². The van der Waals surface area contributed by atoms with Crippen LogP contribution in [0.2, 0.25) is 0 Å². The number of hydrogen-bond acceptors (Lipinski definition) is 3. The van der Waals surface area contributed by atoms with E-state index in [4.69, 9.17) is 10.5 Å². The van der Waals surface area contributed by atoms with Crippen LogP contribution in [0.5, 0.6) is 0 Å². The number of halogens is 1. The molecule has 0 aliphatic rings. The molecule has 0 bridgehead atoms. The number of nitrogens with zero attached hydrogens (tertiary/aromatic N) is 1. The van der Waals surface area contributed by atoms with Crippen molar-refractivity contribution in [1.29, 1.82) is 0 Å². The van der Waals surface area contributed by atoms with Gasteiger partial charge in [0.1, 0.15) is 0 Å². The molecule has 0 radical (unpaired) electrons. The van der Waals surface area contributed by atoms with Crippen molar-refractivity contribution < 1.29 is 4.74 Å². The van der Waals surface area contributed by atoms with E-state index in [9.17, 15) is 0 Å². The number of methoxy groups -OCH3 is 1. The molecular formula is C13H21BrN2O. The first-order valence-electron chi connectivity index (χ1n) is 5.78. The highest BCUT2D eigenvalue weighted by Crippen LogP contribution is 2.31. The van der Waals surface area contributed by atoms with Gasteiger partial charge in [-0.2, -0.15) is 0 Å². The van der Waals surface area contributed by atoms with Crippen LogP contribution in [0.15, 0.2) is 16.6 Å². The molecule has 0 aromatic heterocycles. The van der Waals surface area contributed by atoms with Crippen LogP contribution in [0.1, 0.15) is 19.4 Å². The lowest BCUT2D eigenvalue weighted by molar-refractivity contribution is 0.204. The fourth-order valence-corrected chi connectivity index (χ4v) is 2.34. The third-order valence-electron chi connectivity index (χ3n) is 2.80. The van der Waals surface area contributed by atoms with Gasteiger partial charge in [-0.25, -0.2) is 0 Å². The van der Waals surface area contributed by atoms with Crippen molar-refractivity contribution in [3.05, 3.63) is 22.2 Å². The molecule has 96 valence electrons. The van der Waals surface area contributed by atoms with E-state index in [0.717, 1.165) is 22.3 Å². The number of aryl methyl sites for hydroxylation is 1. The number of nitrogen functional groups attached to an aromatic ring is 1. The molecule has 17 heavy (non-hydrogen) atoms. The predicted molar refractivity (Wildman–Crippen MR) is 77.6 cm³/mol. The van der Waals surface area contributed by atoms with Gasteiger partial charge in [-0.05, 0) is 54.4 Å². The number of benzene rings is 1. The summed E-state index contributed by atoms with van der Waals surface area (Å²) in [5, 5.41) is 0. The Morgan fingerprint density at radius 1 is 1.41 bits per heavy atom. The van der Waals surface area contributed by atoms with Crippen LogP contribution in [-0.4, -0.2) is 26.3 Å². The van der Waals surface area contributed by atoms with E-state index in [1.807, 2.05) is 13.0 Å². The predicted octanol–water partition coefficient (Wildman–Crippen LogP) is 3.20. The number of anilines is 2. The lowest BCUT2D eigenvalue weighted by Crippen LogP contribution is -2.34. The summed E-state index contributed by atoms with van der Waals surface area (Å²) in [7, 11) is 1.72. The summed E-state index contributed by atoms with van der Waals surface area (Å²) in [5.41, 5.74) is 8.98. The van der Waals surface area contributed by atoms with Crippen molar-refractivity contribution in [2.75, 3.05) is 30.9 Å². The minimum Gasteiger partial charge on any atom is -0.398 e. The summed E-state index contributed by atoms with van der Waals surface area (Å²) in [6, 6.07) is 4.51. The minimum absolute atomic E-state index is 0.421. The molecule has 0 aliphatic heterocycles. The van der Waals surface area contributed by atoms with Gasteiger partial charge in [0.15, 0.2) is 0 Å². The first kappa shape index (κ1) is 14.3. The standard InChI is InChI=1S/C13H21BrN2O/c1-9(2)16(5-6-17-4)13-7-10(3)12(15)8-11(13)14/h7-9H,5-6,15H2,1-4H3. The summed E-state index contributed by atoms with van der Waals surface area (Å²) in [4.78, 5) is 2.31. The topological polar surface area (TPSA) is 38.5 Å². The lowest BCUT2D eigenvalue weighted by atomic mass is 10.1. The quantitative estimate of drug-likeness (QED) is 0.849. The fraction of sp³-hybridized carbons (Fsp3) is 0.538. The van der Waals surface area contributed by atoms with E-state index in [2.05, 4.69) is 40.7 Å². The van der Waals surface area contributed by atoms with Gasteiger partial charge >= 0.3 is 0 Å². The number of rotatable bonds is 5. The Kier molecular flexibility index (Phi) is 5.28. The molecule has 3 nitrogen and oxygen atoms in total. The fourth-order valence-electron chi connectivity index (χ4n) is 1.75. The maximum Gasteiger partial charge on any atom is 0.0637 e. The number of hydrogen-bond donors (Lipinski definition) is 1. The van der Waals surface area contributed by atoms with Crippen LogP contribution in [0, 0.1) is 6.92 Å². The molecule has 0 spiro atoms. The normalized spacial score (nSPS) is 10.9. The van der Waals surface area contributed by atoms with E-state index >= 15 is 0 Å². The van der Waals surface area contributed by atoms with Gasteiger partial charge in [0.25, 0.3) is 0 Å². The molecule has 0 fully saturated rings. The molecule has 1 rings (SSSR count). The number of ether oxygens (including phenoxy) is 1. The Morgan fingerprint density at radius 2 is 2.06 bits per heavy atom. The summed E-state index contributed by atoms with van der Waals surface area (Å²) in [6.45, 7) is 7.96.